The Bertz CT molecular complexity index is 4630. The van der Waals surface area contributed by atoms with Crippen LogP contribution in [0, 0.1) is 36.0 Å². The maximum absolute atomic E-state index is 16.2. The molecule has 0 saturated heterocycles. The first kappa shape index (κ1) is 47.9. The largest absolute Gasteiger partial charge is 0.307 e. The van der Waals surface area contributed by atoms with Gasteiger partial charge in [-0.05, 0) is 78.7 Å². The standard InChI is InChI=1S/C67H39F5N8/c1-38-34-54(79-50-28-16-14-26-45(50)48-35-43(30-32-52(48)79)66-75-62(39-18-6-2-7-19-39)73-63(76-66)40-20-8-3-9-21-40)55(37-47(38)56-57(68)59(70)61(72)60(71)58(56)69)80-51-29-17-15-27-46(51)49-36-44(31-33-53(49)80)67-77-64(41-22-10-4-11-23-41)74-65(78-67)42-24-12-5-13-25-42/h2-37H,1H3. The molecule has 382 valence electrons. The lowest BCUT2D eigenvalue weighted by atomic mass is 9.96. The van der Waals surface area contributed by atoms with Gasteiger partial charge in [-0.1, -0.05) is 158 Å². The van der Waals surface area contributed by atoms with Crippen molar-refractivity contribution in [2.24, 2.45) is 0 Å². The van der Waals surface area contributed by atoms with Gasteiger partial charge >= 0.3 is 0 Å². The van der Waals surface area contributed by atoms with Gasteiger partial charge in [-0.25, -0.2) is 51.9 Å². The van der Waals surface area contributed by atoms with E-state index in [0.29, 0.717) is 62.9 Å². The molecule has 0 bridgehead atoms. The maximum atomic E-state index is 16.2. The van der Waals surface area contributed by atoms with E-state index in [4.69, 9.17) is 29.9 Å². The second-order valence-corrected chi connectivity index (χ2v) is 19.3. The minimum Gasteiger partial charge on any atom is -0.307 e. The smallest absolute Gasteiger partial charge is 0.200 e. The van der Waals surface area contributed by atoms with Gasteiger partial charge in [0, 0.05) is 54.9 Å². The van der Waals surface area contributed by atoms with Crippen LogP contribution < -0.4 is 0 Å². The fourth-order valence-electron chi connectivity index (χ4n) is 10.8. The summed E-state index contributed by atoms with van der Waals surface area (Å²) < 4.78 is 81.7. The molecule has 80 heavy (non-hydrogen) atoms. The monoisotopic (exact) mass is 1050 g/mol. The van der Waals surface area contributed by atoms with Crippen LogP contribution in [0.25, 0.3) is 134 Å². The molecule has 0 aliphatic rings. The predicted octanol–water partition coefficient (Wildman–Crippen LogP) is 16.9. The Balaban J connectivity index is 1.02. The van der Waals surface area contributed by atoms with Crippen molar-refractivity contribution in [3.8, 4) is 90.8 Å². The van der Waals surface area contributed by atoms with E-state index >= 15 is 17.6 Å². The Morgan fingerprint density at radius 3 is 0.950 bits per heavy atom. The zero-order chi connectivity index (χ0) is 54.2. The van der Waals surface area contributed by atoms with Crippen LogP contribution in [0.5, 0.6) is 0 Å². The summed E-state index contributed by atoms with van der Waals surface area (Å²) >= 11 is 0. The van der Waals surface area contributed by atoms with Gasteiger partial charge in [-0.2, -0.15) is 0 Å². The number of nitrogens with zero attached hydrogens (tertiary/aromatic N) is 8. The van der Waals surface area contributed by atoms with Crippen LogP contribution in [-0.2, 0) is 0 Å². The van der Waals surface area contributed by atoms with Crippen molar-refractivity contribution < 1.29 is 22.0 Å². The van der Waals surface area contributed by atoms with Crippen molar-refractivity contribution >= 4 is 43.6 Å². The van der Waals surface area contributed by atoms with Crippen LogP contribution >= 0.6 is 0 Å². The van der Waals surface area contributed by atoms with E-state index in [0.717, 1.165) is 60.4 Å². The molecule has 10 aromatic carbocycles. The minimum absolute atomic E-state index is 0.188. The van der Waals surface area contributed by atoms with Gasteiger partial charge < -0.3 is 9.13 Å². The molecular weight excluding hydrogens is 1010 g/mol. The first-order valence-electron chi connectivity index (χ1n) is 25.6. The van der Waals surface area contributed by atoms with E-state index in [9.17, 15) is 4.39 Å². The maximum Gasteiger partial charge on any atom is 0.200 e. The predicted molar refractivity (Wildman–Crippen MR) is 304 cm³/mol. The Morgan fingerprint density at radius 2 is 0.575 bits per heavy atom. The highest BCUT2D eigenvalue weighted by Crippen LogP contribution is 2.44. The molecule has 0 fully saturated rings. The van der Waals surface area contributed by atoms with Gasteiger partial charge in [0.2, 0.25) is 5.82 Å². The van der Waals surface area contributed by atoms with Crippen LogP contribution in [0.15, 0.2) is 218 Å². The molecule has 4 heterocycles. The molecule has 0 amide bonds. The van der Waals surface area contributed by atoms with Crippen LogP contribution in [-0.4, -0.2) is 39.0 Å². The number of hydrogen-bond acceptors (Lipinski definition) is 6. The molecule has 0 aliphatic heterocycles. The van der Waals surface area contributed by atoms with E-state index in [1.54, 1.807) is 13.0 Å². The van der Waals surface area contributed by atoms with Gasteiger partial charge in [-0.15, -0.1) is 0 Å². The topological polar surface area (TPSA) is 87.2 Å². The second-order valence-electron chi connectivity index (χ2n) is 19.3. The molecule has 13 heteroatoms. The van der Waals surface area contributed by atoms with E-state index in [1.807, 2.05) is 211 Å². The summed E-state index contributed by atoms with van der Waals surface area (Å²) in [5, 5.41) is 3.29. The zero-order valence-corrected chi connectivity index (χ0v) is 42.3. The highest BCUT2D eigenvalue weighted by atomic mass is 19.2. The number of halogens is 5. The fraction of sp³-hybridized carbons (Fsp3) is 0.0149. The average molecular weight is 1050 g/mol. The van der Waals surface area contributed by atoms with Gasteiger partial charge in [0.05, 0.1) is 39.0 Å². The van der Waals surface area contributed by atoms with E-state index < -0.39 is 34.6 Å². The number of aromatic nitrogens is 8. The SMILES string of the molecule is Cc1cc(-n2c3ccccc3c3cc(-c4nc(-c5ccccc5)nc(-c5ccccc5)n4)ccc32)c(-n2c3ccccc3c3cc(-c4nc(-c5ccccc5)nc(-c5ccccc5)n4)ccc32)cc1-c1c(F)c(F)c(F)c(F)c1F. The molecular formula is C67H39F5N8. The van der Waals surface area contributed by atoms with E-state index in [-0.39, 0.29) is 11.1 Å². The molecule has 0 spiro atoms. The summed E-state index contributed by atoms with van der Waals surface area (Å²) in [5.74, 6) is -7.33. The summed E-state index contributed by atoms with van der Waals surface area (Å²) in [6.07, 6.45) is 0. The van der Waals surface area contributed by atoms with Gasteiger partial charge in [0.15, 0.2) is 58.2 Å². The molecule has 0 atom stereocenters. The van der Waals surface area contributed by atoms with Crippen LogP contribution in [0.4, 0.5) is 22.0 Å². The quantitative estimate of drug-likeness (QED) is 0.0813. The van der Waals surface area contributed by atoms with Crippen LogP contribution in [0.3, 0.4) is 0 Å². The molecule has 0 unspecified atom stereocenters. The van der Waals surface area contributed by atoms with Crippen molar-refractivity contribution in [2.45, 2.75) is 6.92 Å². The summed E-state index contributed by atoms with van der Waals surface area (Å²) in [5.41, 5.74) is 7.53. The Hall–Kier alpha value is -10.5. The highest BCUT2D eigenvalue weighted by Gasteiger charge is 2.30. The first-order valence-corrected chi connectivity index (χ1v) is 25.6. The number of aryl methyl sites for hydroxylation is 1. The third-order valence-corrected chi connectivity index (χ3v) is 14.5. The number of benzene rings is 10. The number of rotatable bonds is 9. The number of fused-ring (bicyclic) bond motifs is 6. The third-order valence-electron chi connectivity index (χ3n) is 14.5. The summed E-state index contributed by atoms with van der Waals surface area (Å²) in [6.45, 7) is 1.60. The zero-order valence-electron chi connectivity index (χ0n) is 42.3. The lowest BCUT2D eigenvalue weighted by molar-refractivity contribution is 0.381. The normalized spacial score (nSPS) is 11.6. The Kier molecular flexibility index (Phi) is 11.5. The van der Waals surface area contributed by atoms with E-state index in [2.05, 4.69) is 4.57 Å². The van der Waals surface area contributed by atoms with E-state index in [1.165, 1.54) is 6.07 Å². The van der Waals surface area contributed by atoms with Crippen molar-refractivity contribution in [1.29, 1.82) is 0 Å². The number of para-hydroxylation sites is 2. The van der Waals surface area contributed by atoms with Gasteiger partial charge in [0.1, 0.15) is 0 Å². The second kappa shape index (κ2) is 19.2. The highest BCUT2D eigenvalue weighted by molar-refractivity contribution is 6.13. The van der Waals surface area contributed by atoms with Crippen LogP contribution in [0.2, 0.25) is 0 Å². The fourth-order valence-corrected chi connectivity index (χ4v) is 10.8. The lowest BCUT2D eigenvalue weighted by Gasteiger charge is -2.21. The minimum atomic E-state index is -2.24. The van der Waals surface area contributed by atoms with Crippen molar-refractivity contribution in [3.05, 3.63) is 253 Å². The molecule has 8 nitrogen and oxygen atoms in total. The van der Waals surface area contributed by atoms with Gasteiger partial charge in [-0.3, -0.25) is 0 Å². The molecule has 0 N–H and O–H groups in total. The molecule has 14 rings (SSSR count). The van der Waals surface area contributed by atoms with Crippen molar-refractivity contribution in [2.75, 3.05) is 0 Å². The number of hydrogen-bond donors (Lipinski definition) is 0. The van der Waals surface area contributed by atoms with Crippen molar-refractivity contribution in [1.82, 2.24) is 39.0 Å². The molecule has 0 aliphatic carbocycles. The lowest BCUT2D eigenvalue weighted by Crippen LogP contribution is -2.08. The first-order chi connectivity index (χ1) is 39.2. The van der Waals surface area contributed by atoms with Crippen LogP contribution in [0.1, 0.15) is 5.56 Å². The summed E-state index contributed by atoms with van der Waals surface area (Å²) in [6, 6.07) is 69.4. The Labute approximate surface area is 453 Å². The van der Waals surface area contributed by atoms with Crippen molar-refractivity contribution in [3.63, 3.8) is 0 Å². The molecule has 4 aromatic heterocycles. The Morgan fingerprint density at radius 1 is 0.275 bits per heavy atom. The average Bonchev–Trinajstić information content (AvgIpc) is 4.22. The summed E-state index contributed by atoms with van der Waals surface area (Å²) in [4.78, 5) is 29.8. The molecule has 14 aromatic rings. The molecule has 0 saturated carbocycles. The summed E-state index contributed by atoms with van der Waals surface area (Å²) in [7, 11) is 0. The molecule has 0 radical (unpaired) electrons. The van der Waals surface area contributed by atoms with Gasteiger partial charge in [0.25, 0.3) is 0 Å². The third kappa shape index (κ3) is 7.96.